The lowest BCUT2D eigenvalue weighted by molar-refractivity contribution is 0.0696. The average Bonchev–Trinajstić information content (AvgIpc) is 2.16. The SMILES string of the molecule is Cc1ccc(N(C)OS(=O)O)c(C(=O)O)c1. The molecular formula is C9H11NO5S. The molecule has 0 aromatic heterocycles. The summed E-state index contributed by atoms with van der Waals surface area (Å²) in [5.74, 6) is -1.13. The molecule has 1 aromatic rings. The summed E-state index contributed by atoms with van der Waals surface area (Å²) < 4.78 is 23.4. The molecule has 7 heteroatoms. The third kappa shape index (κ3) is 3.02. The van der Waals surface area contributed by atoms with Gasteiger partial charge in [-0.2, -0.15) is 4.21 Å². The molecule has 1 rings (SSSR count). The van der Waals surface area contributed by atoms with Gasteiger partial charge in [0, 0.05) is 7.05 Å². The minimum absolute atomic E-state index is 0.00736. The van der Waals surface area contributed by atoms with Gasteiger partial charge >= 0.3 is 17.3 Å². The van der Waals surface area contributed by atoms with E-state index in [0.717, 1.165) is 10.6 Å². The summed E-state index contributed by atoms with van der Waals surface area (Å²) in [4.78, 5) is 10.9. The van der Waals surface area contributed by atoms with Crippen molar-refractivity contribution in [2.45, 2.75) is 6.92 Å². The molecule has 88 valence electrons. The van der Waals surface area contributed by atoms with Gasteiger partial charge in [0.2, 0.25) is 0 Å². The van der Waals surface area contributed by atoms with Crippen LogP contribution in [0.1, 0.15) is 15.9 Å². The summed E-state index contributed by atoms with van der Waals surface area (Å²) in [7, 11) is 1.35. The van der Waals surface area contributed by atoms with Gasteiger partial charge in [0.15, 0.2) is 0 Å². The third-order valence-electron chi connectivity index (χ3n) is 1.90. The molecule has 1 atom stereocenters. The lowest BCUT2D eigenvalue weighted by Gasteiger charge is -2.17. The van der Waals surface area contributed by atoms with Crippen molar-refractivity contribution in [2.24, 2.45) is 0 Å². The molecule has 0 saturated heterocycles. The van der Waals surface area contributed by atoms with Crippen LogP contribution in [0.3, 0.4) is 0 Å². The van der Waals surface area contributed by atoms with Gasteiger partial charge in [-0.05, 0) is 19.1 Å². The van der Waals surface area contributed by atoms with E-state index in [0.29, 0.717) is 0 Å². The molecule has 6 nitrogen and oxygen atoms in total. The van der Waals surface area contributed by atoms with Crippen molar-refractivity contribution in [1.82, 2.24) is 0 Å². The van der Waals surface area contributed by atoms with E-state index >= 15 is 0 Å². The Balaban J connectivity index is 3.12. The molecular weight excluding hydrogens is 234 g/mol. The van der Waals surface area contributed by atoms with Crippen molar-refractivity contribution in [1.29, 1.82) is 0 Å². The highest BCUT2D eigenvalue weighted by Crippen LogP contribution is 2.21. The van der Waals surface area contributed by atoms with Crippen LogP contribution in [-0.2, 0) is 15.6 Å². The van der Waals surface area contributed by atoms with E-state index in [2.05, 4.69) is 4.28 Å². The van der Waals surface area contributed by atoms with Crippen LogP contribution in [0.5, 0.6) is 0 Å². The van der Waals surface area contributed by atoms with Crippen LogP contribution >= 0.6 is 0 Å². The number of hydroxylamine groups is 1. The van der Waals surface area contributed by atoms with Crippen molar-refractivity contribution in [3.05, 3.63) is 29.3 Å². The van der Waals surface area contributed by atoms with E-state index < -0.39 is 17.3 Å². The number of hydrogen-bond acceptors (Lipinski definition) is 4. The summed E-state index contributed by atoms with van der Waals surface area (Å²) in [5, 5.41) is 9.90. The van der Waals surface area contributed by atoms with Crippen LogP contribution < -0.4 is 5.06 Å². The summed E-state index contributed by atoms with van der Waals surface area (Å²) in [6.07, 6.45) is 0. The summed E-state index contributed by atoms with van der Waals surface area (Å²) >= 11 is -2.49. The molecule has 0 aliphatic rings. The minimum atomic E-state index is -2.49. The van der Waals surface area contributed by atoms with Crippen molar-refractivity contribution in [2.75, 3.05) is 12.1 Å². The monoisotopic (exact) mass is 245 g/mol. The second-order valence-corrected chi connectivity index (χ2v) is 3.70. The van der Waals surface area contributed by atoms with Gasteiger partial charge in [0.25, 0.3) is 0 Å². The quantitative estimate of drug-likeness (QED) is 0.612. The lowest BCUT2D eigenvalue weighted by atomic mass is 10.1. The highest BCUT2D eigenvalue weighted by Gasteiger charge is 2.15. The van der Waals surface area contributed by atoms with Crippen molar-refractivity contribution < 1.29 is 22.9 Å². The third-order valence-corrected chi connectivity index (χ3v) is 2.25. The molecule has 0 aliphatic carbocycles. The fourth-order valence-electron chi connectivity index (χ4n) is 1.23. The molecule has 0 amide bonds. The fraction of sp³-hybridized carbons (Fsp3) is 0.222. The number of rotatable bonds is 4. The normalized spacial score (nSPS) is 12.2. The van der Waals surface area contributed by atoms with Gasteiger partial charge in [-0.1, -0.05) is 11.6 Å². The van der Waals surface area contributed by atoms with E-state index in [4.69, 9.17) is 9.66 Å². The Morgan fingerprint density at radius 3 is 2.62 bits per heavy atom. The van der Waals surface area contributed by atoms with E-state index in [-0.39, 0.29) is 11.3 Å². The van der Waals surface area contributed by atoms with Crippen LogP contribution in [-0.4, -0.2) is 26.9 Å². The number of aromatic carboxylic acids is 1. The van der Waals surface area contributed by atoms with Crippen LogP contribution in [0.15, 0.2) is 18.2 Å². The van der Waals surface area contributed by atoms with E-state index in [1.165, 1.54) is 19.2 Å². The van der Waals surface area contributed by atoms with E-state index in [1.54, 1.807) is 13.0 Å². The lowest BCUT2D eigenvalue weighted by Crippen LogP contribution is -2.21. The molecule has 2 N–H and O–H groups in total. The molecule has 1 aromatic carbocycles. The first-order chi connectivity index (χ1) is 7.41. The van der Waals surface area contributed by atoms with E-state index in [9.17, 15) is 9.00 Å². The number of carboxylic acid groups (broad SMARTS) is 1. The Kier molecular flexibility index (Phi) is 3.99. The number of hydrogen-bond donors (Lipinski definition) is 2. The number of anilines is 1. The van der Waals surface area contributed by atoms with Gasteiger partial charge in [-0.15, -0.1) is 4.28 Å². The topological polar surface area (TPSA) is 87.1 Å². The number of nitrogens with zero attached hydrogens (tertiary/aromatic N) is 1. The highest BCUT2D eigenvalue weighted by atomic mass is 32.2. The van der Waals surface area contributed by atoms with Crippen LogP contribution in [0.2, 0.25) is 0 Å². The molecule has 0 fully saturated rings. The summed E-state index contributed by atoms with van der Waals surface area (Å²) in [5.41, 5.74) is 0.994. The van der Waals surface area contributed by atoms with Crippen LogP contribution in [0.25, 0.3) is 0 Å². The number of carboxylic acids is 1. The molecule has 0 bridgehead atoms. The first kappa shape index (κ1) is 12.6. The minimum Gasteiger partial charge on any atom is -0.478 e. The smallest absolute Gasteiger partial charge is 0.337 e. The molecule has 1 unspecified atom stereocenters. The van der Waals surface area contributed by atoms with Crippen LogP contribution in [0.4, 0.5) is 5.69 Å². The zero-order chi connectivity index (χ0) is 12.3. The Labute approximate surface area is 94.9 Å². The fourth-order valence-corrected chi connectivity index (χ4v) is 1.50. The maximum Gasteiger partial charge on any atom is 0.337 e. The average molecular weight is 245 g/mol. The molecule has 0 aliphatic heterocycles. The predicted molar refractivity (Wildman–Crippen MR) is 58.4 cm³/mol. The molecule has 0 spiro atoms. The Morgan fingerprint density at radius 1 is 1.50 bits per heavy atom. The number of benzene rings is 1. The van der Waals surface area contributed by atoms with Crippen molar-refractivity contribution in [3.63, 3.8) is 0 Å². The Morgan fingerprint density at radius 2 is 2.12 bits per heavy atom. The highest BCUT2D eigenvalue weighted by molar-refractivity contribution is 7.74. The second kappa shape index (κ2) is 5.06. The second-order valence-electron chi connectivity index (χ2n) is 3.11. The summed E-state index contributed by atoms with van der Waals surface area (Å²) in [6.45, 7) is 1.75. The Hall–Kier alpha value is -1.44. The molecule has 16 heavy (non-hydrogen) atoms. The molecule has 0 heterocycles. The zero-order valence-electron chi connectivity index (χ0n) is 8.71. The predicted octanol–water partition coefficient (Wildman–Crippen LogP) is 1.20. The molecule has 0 radical (unpaired) electrons. The maximum absolute atomic E-state index is 10.9. The van der Waals surface area contributed by atoms with Gasteiger partial charge < -0.3 is 5.11 Å². The number of aryl methyl sites for hydroxylation is 1. The maximum atomic E-state index is 10.9. The summed E-state index contributed by atoms with van der Waals surface area (Å²) in [6, 6.07) is 4.64. The van der Waals surface area contributed by atoms with Gasteiger partial charge in [-0.25, -0.2) is 9.86 Å². The van der Waals surface area contributed by atoms with Crippen LogP contribution in [0, 0.1) is 6.92 Å². The standard InChI is InChI=1S/C9H11NO5S/c1-6-3-4-8(7(5-6)9(11)12)10(2)15-16(13)14/h3-5H,1-2H3,(H,11,12)(H,13,14). The van der Waals surface area contributed by atoms with E-state index in [1.807, 2.05) is 0 Å². The van der Waals surface area contributed by atoms with Crippen molar-refractivity contribution in [3.8, 4) is 0 Å². The first-order valence-corrected chi connectivity index (χ1v) is 5.32. The first-order valence-electron chi connectivity index (χ1n) is 4.29. The van der Waals surface area contributed by atoms with Gasteiger partial charge in [0.05, 0.1) is 11.3 Å². The molecule has 0 saturated carbocycles. The number of carbonyl (C=O) groups is 1. The van der Waals surface area contributed by atoms with Gasteiger partial charge in [0.1, 0.15) is 0 Å². The van der Waals surface area contributed by atoms with Crippen molar-refractivity contribution >= 4 is 23.0 Å². The Bertz CT molecular complexity index is 434. The largest absolute Gasteiger partial charge is 0.478 e. The zero-order valence-corrected chi connectivity index (χ0v) is 9.52. The van der Waals surface area contributed by atoms with Gasteiger partial charge in [-0.3, -0.25) is 4.55 Å².